The van der Waals surface area contributed by atoms with E-state index in [0.29, 0.717) is 25.2 Å². The third-order valence-electron chi connectivity index (χ3n) is 4.25. The number of nitro benzene ring substituents is 1. The van der Waals surface area contributed by atoms with Crippen molar-refractivity contribution in [3.63, 3.8) is 0 Å². The van der Waals surface area contributed by atoms with Crippen LogP contribution in [0.15, 0.2) is 53.4 Å². The molecule has 0 unspecified atom stereocenters. The Morgan fingerprint density at radius 1 is 1.11 bits per heavy atom. The summed E-state index contributed by atoms with van der Waals surface area (Å²) in [7, 11) is -3.50. The maximum atomic E-state index is 12.5. The SMILES string of the molecule is CCN(CC)S(=O)(=O)c1ccc(CCC(=O)Nc2cccc([N+](=O)[O-])c2)cc1. The molecule has 0 heterocycles. The van der Waals surface area contributed by atoms with Gasteiger partial charge in [0.15, 0.2) is 0 Å². The number of sulfonamides is 1. The minimum Gasteiger partial charge on any atom is -0.326 e. The summed E-state index contributed by atoms with van der Waals surface area (Å²) in [5.74, 6) is -0.277. The van der Waals surface area contributed by atoms with Crippen molar-refractivity contribution in [2.45, 2.75) is 31.6 Å². The second kappa shape index (κ2) is 9.43. The van der Waals surface area contributed by atoms with Gasteiger partial charge in [-0.05, 0) is 30.2 Å². The van der Waals surface area contributed by atoms with Crippen LogP contribution in [0.2, 0.25) is 0 Å². The van der Waals surface area contributed by atoms with E-state index < -0.39 is 14.9 Å². The first-order valence-electron chi connectivity index (χ1n) is 8.91. The van der Waals surface area contributed by atoms with E-state index in [9.17, 15) is 23.3 Å². The van der Waals surface area contributed by atoms with Crippen molar-refractivity contribution in [3.05, 3.63) is 64.2 Å². The van der Waals surface area contributed by atoms with Gasteiger partial charge in [0.05, 0.1) is 9.82 Å². The van der Waals surface area contributed by atoms with Gasteiger partial charge >= 0.3 is 0 Å². The third-order valence-corrected chi connectivity index (χ3v) is 6.31. The lowest BCUT2D eigenvalue weighted by atomic mass is 10.1. The molecule has 0 aliphatic carbocycles. The van der Waals surface area contributed by atoms with Crippen LogP contribution in [-0.2, 0) is 21.2 Å². The van der Waals surface area contributed by atoms with E-state index in [2.05, 4.69) is 5.32 Å². The molecule has 1 amide bonds. The van der Waals surface area contributed by atoms with E-state index in [1.165, 1.54) is 22.5 Å². The quantitative estimate of drug-likeness (QED) is 0.509. The summed E-state index contributed by atoms with van der Waals surface area (Å²) in [5, 5.41) is 13.4. The first-order valence-corrected chi connectivity index (χ1v) is 10.3. The number of nitrogens with zero attached hydrogens (tertiary/aromatic N) is 2. The largest absolute Gasteiger partial charge is 0.326 e. The van der Waals surface area contributed by atoms with Gasteiger partial charge in [0, 0.05) is 37.3 Å². The van der Waals surface area contributed by atoms with Crippen molar-refractivity contribution < 1.29 is 18.1 Å². The van der Waals surface area contributed by atoms with Crippen LogP contribution in [0.25, 0.3) is 0 Å². The molecule has 8 nitrogen and oxygen atoms in total. The van der Waals surface area contributed by atoms with Crippen LogP contribution in [-0.4, -0.2) is 36.6 Å². The summed E-state index contributed by atoms with van der Waals surface area (Å²) in [6.07, 6.45) is 0.594. The van der Waals surface area contributed by atoms with Gasteiger partial charge in [-0.1, -0.05) is 32.0 Å². The van der Waals surface area contributed by atoms with Crippen molar-refractivity contribution >= 4 is 27.3 Å². The average Bonchev–Trinajstić information content (AvgIpc) is 2.67. The Labute approximate surface area is 164 Å². The van der Waals surface area contributed by atoms with Crippen LogP contribution in [0.1, 0.15) is 25.8 Å². The molecule has 9 heteroatoms. The van der Waals surface area contributed by atoms with Gasteiger partial charge in [-0.3, -0.25) is 14.9 Å². The summed E-state index contributed by atoms with van der Waals surface area (Å²) in [6.45, 7) is 4.38. The topological polar surface area (TPSA) is 110 Å². The van der Waals surface area contributed by atoms with Crippen LogP contribution >= 0.6 is 0 Å². The van der Waals surface area contributed by atoms with Crippen molar-refractivity contribution in [1.29, 1.82) is 0 Å². The van der Waals surface area contributed by atoms with Gasteiger partial charge in [-0.2, -0.15) is 4.31 Å². The lowest BCUT2D eigenvalue weighted by Crippen LogP contribution is -2.30. The lowest BCUT2D eigenvalue weighted by Gasteiger charge is -2.18. The number of benzene rings is 2. The second-order valence-corrected chi connectivity index (χ2v) is 8.03. The molecule has 0 aliphatic heterocycles. The molecule has 150 valence electrons. The maximum Gasteiger partial charge on any atom is 0.271 e. The Balaban J connectivity index is 1.97. The number of hydrogen-bond donors (Lipinski definition) is 1. The molecule has 2 rings (SSSR count). The Hall–Kier alpha value is -2.78. The van der Waals surface area contributed by atoms with Gasteiger partial charge in [0.2, 0.25) is 15.9 Å². The lowest BCUT2D eigenvalue weighted by molar-refractivity contribution is -0.384. The Bertz CT molecular complexity index is 938. The zero-order chi connectivity index (χ0) is 20.7. The van der Waals surface area contributed by atoms with Crippen LogP contribution < -0.4 is 5.32 Å². The van der Waals surface area contributed by atoms with E-state index in [1.54, 1.807) is 44.2 Å². The first-order chi connectivity index (χ1) is 13.3. The molecular weight excluding hydrogens is 382 g/mol. The highest BCUT2D eigenvalue weighted by Gasteiger charge is 2.21. The maximum absolute atomic E-state index is 12.5. The number of aryl methyl sites for hydroxylation is 1. The summed E-state index contributed by atoms with van der Waals surface area (Å²) >= 11 is 0. The molecule has 0 saturated carbocycles. The summed E-state index contributed by atoms with van der Waals surface area (Å²) < 4.78 is 26.3. The third kappa shape index (κ3) is 5.37. The Kier molecular flexibility index (Phi) is 7.24. The number of hydrogen-bond acceptors (Lipinski definition) is 5. The molecule has 0 spiro atoms. The molecule has 28 heavy (non-hydrogen) atoms. The van der Waals surface area contributed by atoms with Gasteiger partial charge < -0.3 is 5.32 Å². The minimum absolute atomic E-state index is 0.0946. The average molecular weight is 405 g/mol. The van der Waals surface area contributed by atoms with E-state index in [0.717, 1.165) is 5.56 Å². The molecule has 0 radical (unpaired) electrons. The standard InChI is InChI=1S/C19H23N3O5S/c1-3-21(4-2)28(26,27)18-11-8-15(9-12-18)10-13-19(23)20-16-6-5-7-17(14-16)22(24)25/h5-9,11-12,14H,3-4,10,13H2,1-2H3,(H,20,23). The van der Waals surface area contributed by atoms with Crippen LogP contribution in [0.3, 0.4) is 0 Å². The van der Waals surface area contributed by atoms with E-state index in [-0.39, 0.29) is 22.9 Å². The molecule has 0 aromatic heterocycles. The number of carbonyl (C=O) groups is 1. The number of carbonyl (C=O) groups excluding carboxylic acids is 1. The number of amides is 1. The van der Waals surface area contributed by atoms with Gasteiger partial charge in [0.1, 0.15) is 0 Å². The van der Waals surface area contributed by atoms with E-state index in [4.69, 9.17) is 0 Å². The Morgan fingerprint density at radius 2 is 1.75 bits per heavy atom. The fourth-order valence-corrected chi connectivity index (χ4v) is 4.18. The van der Waals surface area contributed by atoms with E-state index in [1.807, 2.05) is 0 Å². The number of nitro groups is 1. The highest BCUT2D eigenvalue weighted by molar-refractivity contribution is 7.89. The molecule has 0 atom stereocenters. The van der Waals surface area contributed by atoms with Crippen molar-refractivity contribution in [3.8, 4) is 0 Å². The Morgan fingerprint density at radius 3 is 2.32 bits per heavy atom. The number of rotatable bonds is 9. The van der Waals surface area contributed by atoms with Crippen molar-refractivity contribution in [1.82, 2.24) is 4.31 Å². The summed E-state index contributed by atoms with van der Waals surface area (Å²) in [5.41, 5.74) is 1.09. The molecule has 2 aromatic rings. The second-order valence-electron chi connectivity index (χ2n) is 6.09. The molecule has 0 bridgehead atoms. The molecule has 1 N–H and O–H groups in total. The van der Waals surface area contributed by atoms with Crippen molar-refractivity contribution in [2.24, 2.45) is 0 Å². The zero-order valence-corrected chi connectivity index (χ0v) is 16.6. The predicted molar refractivity (Wildman–Crippen MR) is 107 cm³/mol. The zero-order valence-electron chi connectivity index (χ0n) is 15.8. The van der Waals surface area contributed by atoms with Gasteiger partial charge in [0.25, 0.3) is 5.69 Å². The number of anilines is 1. The number of nitrogens with one attached hydrogen (secondary N) is 1. The smallest absolute Gasteiger partial charge is 0.271 e. The highest BCUT2D eigenvalue weighted by Crippen LogP contribution is 2.19. The van der Waals surface area contributed by atoms with Crippen LogP contribution in [0, 0.1) is 10.1 Å². The van der Waals surface area contributed by atoms with Gasteiger partial charge in [-0.15, -0.1) is 0 Å². The fourth-order valence-electron chi connectivity index (χ4n) is 2.72. The van der Waals surface area contributed by atoms with Crippen LogP contribution in [0.4, 0.5) is 11.4 Å². The molecule has 0 aliphatic rings. The normalized spacial score (nSPS) is 11.4. The van der Waals surface area contributed by atoms with Crippen LogP contribution in [0.5, 0.6) is 0 Å². The van der Waals surface area contributed by atoms with Gasteiger partial charge in [-0.25, -0.2) is 8.42 Å². The summed E-state index contributed by atoms with van der Waals surface area (Å²) in [4.78, 5) is 22.6. The molecular formula is C19H23N3O5S. The first kappa shape index (κ1) is 21.5. The molecule has 0 fully saturated rings. The number of non-ortho nitro benzene ring substituents is 1. The molecule has 0 saturated heterocycles. The van der Waals surface area contributed by atoms with Crippen molar-refractivity contribution in [2.75, 3.05) is 18.4 Å². The summed E-state index contributed by atoms with van der Waals surface area (Å²) in [6, 6.07) is 12.2. The predicted octanol–water partition coefficient (Wildman–Crippen LogP) is 3.20. The monoisotopic (exact) mass is 405 g/mol. The molecule has 2 aromatic carbocycles. The fraction of sp³-hybridized carbons (Fsp3) is 0.316. The van der Waals surface area contributed by atoms with E-state index >= 15 is 0 Å². The minimum atomic E-state index is -3.50. The highest BCUT2D eigenvalue weighted by atomic mass is 32.2.